The highest BCUT2D eigenvalue weighted by Crippen LogP contribution is 2.29. The molecule has 1 aliphatic heterocycles. The third-order valence-corrected chi connectivity index (χ3v) is 6.50. The zero-order valence-electron chi connectivity index (χ0n) is 18.4. The summed E-state index contributed by atoms with van der Waals surface area (Å²) in [6, 6.07) is 8.87. The molecule has 0 N–H and O–H groups in total. The van der Waals surface area contributed by atoms with Crippen molar-refractivity contribution in [2.75, 3.05) is 26.7 Å². The summed E-state index contributed by atoms with van der Waals surface area (Å²) < 4.78 is 0. The molecule has 3 amide bonds. The number of carbonyl (C=O) groups is 3. The maximum absolute atomic E-state index is 13.7. The van der Waals surface area contributed by atoms with Crippen molar-refractivity contribution in [2.24, 2.45) is 0 Å². The number of benzene rings is 1. The van der Waals surface area contributed by atoms with Gasteiger partial charge in [-0.15, -0.1) is 0 Å². The zero-order valence-corrected chi connectivity index (χ0v) is 18.4. The van der Waals surface area contributed by atoms with E-state index in [2.05, 4.69) is 6.92 Å². The van der Waals surface area contributed by atoms with Crippen molar-refractivity contribution in [3.63, 3.8) is 0 Å². The predicted octanol–water partition coefficient (Wildman–Crippen LogP) is 3.38. The fraction of sp³-hybridized carbons (Fsp3) is 0.625. The quantitative estimate of drug-likeness (QED) is 0.509. The maximum Gasteiger partial charge on any atom is 0.313 e. The van der Waals surface area contributed by atoms with Gasteiger partial charge in [0.25, 0.3) is 0 Å². The summed E-state index contributed by atoms with van der Waals surface area (Å²) in [5, 5.41) is 0. The lowest BCUT2D eigenvalue weighted by atomic mass is 10.00. The van der Waals surface area contributed by atoms with Crippen LogP contribution in [0.5, 0.6) is 0 Å². The van der Waals surface area contributed by atoms with Gasteiger partial charge >= 0.3 is 11.8 Å². The first-order valence-corrected chi connectivity index (χ1v) is 11.5. The number of carbonyl (C=O) groups excluding carboxylic acids is 3. The van der Waals surface area contributed by atoms with Crippen molar-refractivity contribution in [1.82, 2.24) is 14.7 Å². The van der Waals surface area contributed by atoms with Crippen molar-refractivity contribution in [3.05, 3.63) is 35.9 Å². The molecule has 0 aromatic heterocycles. The molecule has 0 unspecified atom stereocenters. The van der Waals surface area contributed by atoms with Gasteiger partial charge in [-0.2, -0.15) is 0 Å². The van der Waals surface area contributed by atoms with Crippen LogP contribution in [0, 0.1) is 0 Å². The van der Waals surface area contributed by atoms with E-state index in [-0.39, 0.29) is 11.9 Å². The maximum atomic E-state index is 13.7. The third-order valence-electron chi connectivity index (χ3n) is 6.50. The molecular formula is C24H35N3O3. The Balaban J connectivity index is 1.83. The largest absolute Gasteiger partial charge is 0.341 e. The van der Waals surface area contributed by atoms with E-state index in [1.165, 1.54) is 17.7 Å². The Bertz CT molecular complexity index is 728. The van der Waals surface area contributed by atoms with Crippen LogP contribution in [-0.2, 0) is 14.4 Å². The van der Waals surface area contributed by atoms with Crippen LogP contribution in [0.3, 0.4) is 0 Å². The Morgan fingerprint density at radius 1 is 1.03 bits per heavy atom. The number of nitrogens with zero attached hydrogens (tertiary/aromatic N) is 3. The first kappa shape index (κ1) is 22.3. The minimum absolute atomic E-state index is 0.0868. The second-order valence-electron chi connectivity index (χ2n) is 8.55. The van der Waals surface area contributed by atoms with Crippen LogP contribution < -0.4 is 0 Å². The Kier molecular flexibility index (Phi) is 7.88. The highest BCUT2D eigenvalue weighted by atomic mass is 16.2. The molecule has 1 aromatic carbocycles. The van der Waals surface area contributed by atoms with Gasteiger partial charge in [-0.3, -0.25) is 14.4 Å². The molecule has 30 heavy (non-hydrogen) atoms. The number of hydrogen-bond donors (Lipinski definition) is 0. The average Bonchev–Trinajstić information content (AvgIpc) is 3.06. The van der Waals surface area contributed by atoms with Crippen LogP contribution in [0.4, 0.5) is 0 Å². The third kappa shape index (κ3) is 5.02. The molecule has 0 spiro atoms. The van der Waals surface area contributed by atoms with Gasteiger partial charge in [0, 0.05) is 32.7 Å². The minimum Gasteiger partial charge on any atom is -0.341 e. The molecule has 1 aromatic rings. The fourth-order valence-electron chi connectivity index (χ4n) is 4.61. The van der Waals surface area contributed by atoms with Gasteiger partial charge in [-0.1, -0.05) is 69.4 Å². The van der Waals surface area contributed by atoms with Gasteiger partial charge < -0.3 is 14.7 Å². The van der Waals surface area contributed by atoms with Crippen LogP contribution in [0.25, 0.3) is 0 Å². The number of likely N-dealkylation sites (N-methyl/N-ethyl adjacent to an activating group) is 1. The van der Waals surface area contributed by atoms with E-state index >= 15 is 0 Å². The molecule has 3 rings (SSSR count). The normalized spacial score (nSPS) is 19.5. The summed E-state index contributed by atoms with van der Waals surface area (Å²) in [6.07, 6.45) is 8.55. The Hall–Kier alpha value is -2.37. The second-order valence-corrected chi connectivity index (χ2v) is 8.55. The predicted molar refractivity (Wildman–Crippen MR) is 117 cm³/mol. The smallest absolute Gasteiger partial charge is 0.313 e. The fourth-order valence-corrected chi connectivity index (χ4v) is 4.61. The summed E-state index contributed by atoms with van der Waals surface area (Å²) in [6.45, 7) is 3.53. The van der Waals surface area contributed by atoms with Gasteiger partial charge in [0.15, 0.2) is 0 Å². The van der Waals surface area contributed by atoms with E-state index in [1.807, 2.05) is 42.3 Å². The number of amides is 3. The van der Waals surface area contributed by atoms with Gasteiger partial charge in [-0.25, -0.2) is 0 Å². The first-order valence-electron chi connectivity index (χ1n) is 11.5. The number of rotatable bonds is 7. The first-order chi connectivity index (χ1) is 14.5. The van der Waals surface area contributed by atoms with Crippen LogP contribution >= 0.6 is 0 Å². The SMILES string of the molecule is CCCCN1CCN([C@@H](C(=O)N(C)C2CCCCCC2)c2ccccc2)C(=O)C1=O. The molecule has 1 saturated carbocycles. The van der Waals surface area contributed by atoms with Crippen LogP contribution in [-0.4, -0.2) is 65.1 Å². The van der Waals surface area contributed by atoms with E-state index in [4.69, 9.17) is 0 Å². The molecule has 164 valence electrons. The Labute approximate surface area is 180 Å². The molecule has 6 nitrogen and oxygen atoms in total. The molecule has 2 fully saturated rings. The lowest BCUT2D eigenvalue weighted by molar-refractivity contribution is -0.161. The Morgan fingerprint density at radius 2 is 1.70 bits per heavy atom. The summed E-state index contributed by atoms with van der Waals surface area (Å²) in [7, 11) is 1.86. The molecule has 0 radical (unpaired) electrons. The van der Waals surface area contributed by atoms with Crippen molar-refractivity contribution in [2.45, 2.75) is 70.4 Å². The molecule has 0 bridgehead atoms. The standard InChI is InChI=1S/C24H35N3O3/c1-3-4-16-26-17-18-27(24(30)23(26)29)21(19-12-8-7-9-13-19)22(28)25(2)20-14-10-5-6-11-15-20/h7-9,12-13,20-21H,3-6,10-11,14-18H2,1-2H3/t21-/m1/s1. The van der Waals surface area contributed by atoms with Crippen molar-refractivity contribution in [3.8, 4) is 0 Å². The Morgan fingerprint density at radius 3 is 2.33 bits per heavy atom. The molecular weight excluding hydrogens is 378 g/mol. The molecule has 1 atom stereocenters. The zero-order chi connectivity index (χ0) is 21.5. The number of hydrogen-bond acceptors (Lipinski definition) is 3. The van der Waals surface area contributed by atoms with E-state index in [0.29, 0.717) is 19.6 Å². The highest BCUT2D eigenvalue weighted by Gasteiger charge is 2.41. The average molecular weight is 414 g/mol. The highest BCUT2D eigenvalue weighted by molar-refractivity contribution is 6.35. The van der Waals surface area contributed by atoms with Crippen LogP contribution in [0.2, 0.25) is 0 Å². The number of unbranched alkanes of at least 4 members (excludes halogenated alkanes) is 1. The van der Waals surface area contributed by atoms with Crippen molar-refractivity contribution < 1.29 is 14.4 Å². The topological polar surface area (TPSA) is 60.9 Å². The summed E-state index contributed by atoms with van der Waals surface area (Å²) in [5.74, 6) is -1.13. The van der Waals surface area contributed by atoms with Crippen molar-refractivity contribution in [1.29, 1.82) is 0 Å². The molecule has 2 aliphatic rings. The minimum atomic E-state index is -0.746. The second kappa shape index (κ2) is 10.6. The molecule has 6 heteroatoms. The van der Waals surface area contributed by atoms with Gasteiger partial charge in [0.05, 0.1) is 0 Å². The lowest BCUT2D eigenvalue weighted by Gasteiger charge is -2.40. The van der Waals surface area contributed by atoms with Crippen LogP contribution in [0.1, 0.15) is 69.9 Å². The summed E-state index contributed by atoms with van der Waals surface area (Å²) in [4.78, 5) is 44.4. The van der Waals surface area contributed by atoms with Gasteiger partial charge in [0.1, 0.15) is 6.04 Å². The van der Waals surface area contributed by atoms with E-state index < -0.39 is 17.9 Å². The van der Waals surface area contributed by atoms with Gasteiger partial charge in [-0.05, 0) is 24.8 Å². The van der Waals surface area contributed by atoms with Crippen LogP contribution in [0.15, 0.2) is 30.3 Å². The lowest BCUT2D eigenvalue weighted by Crippen LogP contribution is -2.58. The van der Waals surface area contributed by atoms with E-state index in [0.717, 1.165) is 44.1 Å². The van der Waals surface area contributed by atoms with Gasteiger partial charge in [0.2, 0.25) is 5.91 Å². The molecule has 1 aliphatic carbocycles. The molecule has 1 saturated heterocycles. The van der Waals surface area contributed by atoms with E-state index in [9.17, 15) is 14.4 Å². The number of piperazine rings is 1. The monoisotopic (exact) mass is 413 g/mol. The summed E-state index contributed by atoms with van der Waals surface area (Å²) >= 11 is 0. The van der Waals surface area contributed by atoms with Crippen molar-refractivity contribution >= 4 is 17.7 Å². The summed E-state index contributed by atoms with van der Waals surface area (Å²) in [5.41, 5.74) is 0.770. The van der Waals surface area contributed by atoms with E-state index in [1.54, 1.807) is 4.90 Å². The molecule has 1 heterocycles.